The second-order valence-electron chi connectivity index (χ2n) is 8.84. The van der Waals surface area contributed by atoms with Crippen LogP contribution in [-0.2, 0) is 9.47 Å². The molecule has 12 heteroatoms. The number of aromatic nitrogens is 4. The van der Waals surface area contributed by atoms with E-state index in [0.29, 0.717) is 70.1 Å². The highest BCUT2D eigenvalue weighted by Crippen LogP contribution is 2.20. The molecule has 0 saturated carbocycles. The number of aromatic carboxylic acids is 1. The van der Waals surface area contributed by atoms with Crippen LogP contribution in [0.15, 0.2) is 42.9 Å². The first-order chi connectivity index (χ1) is 18.4. The highest BCUT2D eigenvalue weighted by atomic mass is 16.5. The Balaban J connectivity index is 0.000000181. The van der Waals surface area contributed by atoms with Gasteiger partial charge in [0.2, 0.25) is 5.95 Å². The zero-order chi connectivity index (χ0) is 26.9. The van der Waals surface area contributed by atoms with Gasteiger partial charge < -0.3 is 29.7 Å². The summed E-state index contributed by atoms with van der Waals surface area (Å²) in [6, 6.07) is 9.01. The molecule has 1 aromatic carbocycles. The van der Waals surface area contributed by atoms with Crippen LogP contribution >= 0.6 is 0 Å². The zero-order valence-corrected chi connectivity index (χ0v) is 21.5. The van der Waals surface area contributed by atoms with Crippen LogP contribution in [0.25, 0.3) is 0 Å². The second-order valence-corrected chi connectivity index (χ2v) is 8.84. The molecule has 12 nitrogen and oxygen atoms in total. The lowest BCUT2D eigenvalue weighted by atomic mass is 10.1. The summed E-state index contributed by atoms with van der Waals surface area (Å²) in [6.07, 6.45) is 2.90. The molecule has 2 fully saturated rings. The standard InChI is InChI=1S/C13H18N4O4.C13H13N3O/c18-12(19)10-9-11(16-1-5-20-6-2-16)15-13(14-10)17-3-7-21-8-4-17;1-9-5-10(2)7-11(6-9)16-13(17)12-3-4-14-8-15-12/h9H,1-8H2,(H,18,19);3-8H,1-2H3,(H,16,17). The maximum Gasteiger partial charge on any atom is 0.354 e. The van der Waals surface area contributed by atoms with E-state index in [9.17, 15) is 14.7 Å². The van der Waals surface area contributed by atoms with Crippen LogP contribution in [0.1, 0.15) is 32.1 Å². The van der Waals surface area contributed by atoms with Crippen LogP contribution in [0, 0.1) is 13.8 Å². The number of carboxylic acid groups (broad SMARTS) is 1. The zero-order valence-electron chi connectivity index (χ0n) is 21.5. The maximum atomic E-state index is 11.8. The van der Waals surface area contributed by atoms with E-state index in [-0.39, 0.29) is 11.6 Å². The first-order valence-corrected chi connectivity index (χ1v) is 12.3. The molecule has 3 aromatic rings. The Morgan fingerprint density at radius 3 is 2.08 bits per heavy atom. The van der Waals surface area contributed by atoms with Crippen molar-refractivity contribution < 1.29 is 24.2 Å². The van der Waals surface area contributed by atoms with Crippen LogP contribution in [0.5, 0.6) is 0 Å². The lowest BCUT2D eigenvalue weighted by Crippen LogP contribution is -2.39. The third kappa shape index (κ3) is 7.43. The molecule has 200 valence electrons. The van der Waals surface area contributed by atoms with Crippen molar-refractivity contribution in [2.45, 2.75) is 13.8 Å². The number of hydrogen-bond donors (Lipinski definition) is 2. The van der Waals surface area contributed by atoms with Crippen molar-refractivity contribution in [2.24, 2.45) is 0 Å². The fourth-order valence-corrected chi connectivity index (χ4v) is 4.06. The number of hydrogen-bond acceptors (Lipinski definition) is 10. The van der Waals surface area contributed by atoms with Crippen LogP contribution in [-0.4, -0.2) is 89.5 Å². The first kappa shape index (κ1) is 26.9. The highest BCUT2D eigenvalue weighted by molar-refractivity contribution is 6.02. The number of morpholine rings is 2. The summed E-state index contributed by atoms with van der Waals surface area (Å²) in [5.74, 6) is -0.161. The summed E-state index contributed by atoms with van der Waals surface area (Å²) in [4.78, 5) is 43.5. The van der Waals surface area contributed by atoms with Crippen molar-refractivity contribution in [3.05, 3.63) is 65.4 Å². The van der Waals surface area contributed by atoms with Gasteiger partial charge in [-0.25, -0.2) is 19.7 Å². The summed E-state index contributed by atoms with van der Waals surface area (Å²) in [5, 5.41) is 12.1. The smallest absolute Gasteiger partial charge is 0.354 e. The minimum Gasteiger partial charge on any atom is -0.477 e. The van der Waals surface area contributed by atoms with Gasteiger partial charge in [0.25, 0.3) is 5.91 Å². The molecule has 5 rings (SSSR count). The normalized spacial score (nSPS) is 15.3. The van der Waals surface area contributed by atoms with Gasteiger partial charge in [0.1, 0.15) is 17.8 Å². The summed E-state index contributed by atoms with van der Waals surface area (Å²) in [5.41, 5.74) is 3.39. The number of carboxylic acids is 1. The first-order valence-electron chi connectivity index (χ1n) is 12.3. The molecule has 0 spiro atoms. The largest absolute Gasteiger partial charge is 0.477 e. The van der Waals surface area contributed by atoms with Gasteiger partial charge in [0, 0.05) is 44.1 Å². The van der Waals surface area contributed by atoms with Gasteiger partial charge in [-0.2, -0.15) is 4.98 Å². The third-order valence-electron chi connectivity index (χ3n) is 5.84. The van der Waals surface area contributed by atoms with E-state index >= 15 is 0 Å². The van der Waals surface area contributed by atoms with Gasteiger partial charge in [-0.1, -0.05) is 6.07 Å². The SMILES string of the molecule is Cc1cc(C)cc(NC(=O)c2ccncn2)c1.O=C(O)c1cc(N2CCOCC2)nc(N2CCOCC2)n1. The van der Waals surface area contributed by atoms with E-state index in [4.69, 9.17) is 9.47 Å². The molecule has 2 N–H and O–H groups in total. The van der Waals surface area contributed by atoms with Gasteiger partial charge >= 0.3 is 5.97 Å². The number of benzene rings is 1. The molecular formula is C26H31N7O5. The average Bonchev–Trinajstić information content (AvgIpc) is 2.94. The molecule has 2 aliphatic rings. The summed E-state index contributed by atoms with van der Waals surface area (Å²) in [7, 11) is 0. The fraction of sp³-hybridized carbons (Fsp3) is 0.385. The molecule has 2 aromatic heterocycles. The minimum absolute atomic E-state index is 0.0213. The van der Waals surface area contributed by atoms with Crippen LogP contribution in [0.4, 0.5) is 17.5 Å². The molecule has 2 saturated heterocycles. The van der Waals surface area contributed by atoms with Gasteiger partial charge in [0.15, 0.2) is 5.69 Å². The highest BCUT2D eigenvalue weighted by Gasteiger charge is 2.21. The summed E-state index contributed by atoms with van der Waals surface area (Å²) >= 11 is 0. The molecule has 0 aliphatic carbocycles. The topological polar surface area (TPSA) is 143 Å². The Labute approximate surface area is 220 Å². The van der Waals surface area contributed by atoms with E-state index in [2.05, 4.69) is 31.3 Å². The Kier molecular flexibility index (Phi) is 9.11. The number of carbonyl (C=O) groups excluding carboxylic acids is 1. The molecule has 2 aliphatic heterocycles. The summed E-state index contributed by atoms with van der Waals surface area (Å²) < 4.78 is 10.6. The van der Waals surface area contributed by atoms with Gasteiger partial charge in [-0.05, 0) is 43.2 Å². The Morgan fingerprint density at radius 2 is 1.50 bits per heavy atom. The number of rotatable bonds is 5. The molecule has 0 radical (unpaired) electrons. The van der Waals surface area contributed by atoms with E-state index in [1.165, 1.54) is 12.4 Å². The van der Waals surface area contributed by atoms with Crippen LogP contribution < -0.4 is 15.1 Å². The lowest BCUT2D eigenvalue weighted by molar-refractivity contribution is 0.0690. The molecule has 1 amide bonds. The van der Waals surface area contributed by atoms with E-state index in [1.807, 2.05) is 35.8 Å². The van der Waals surface area contributed by atoms with Gasteiger partial charge in [-0.15, -0.1) is 0 Å². The number of aryl methyl sites for hydroxylation is 2. The number of amides is 1. The van der Waals surface area contributed by atoms with E-state index in [1.54, 1.807) is 12.3 Å². The van der Waals surface area contributed by atoms with Gasteiger partial charge in [0.05, 0.1) is 26.4 Å². The molecule has 38 heavy (non-hydrogen) atoms. The van der Waals surface area contributed by atoms with E-state index < -0.39 is 5.97 Å². The molecule has 0 unspecified atom stereocenters. The predicted octanol–water partition coefficient (Wildman–Crippen LogP) is 2.19. The lowest BCUT2D eigenvalue weighted by Gasteiger charge is -2.30. The van der Waals surface area contributed by atoms with Crippen molar-refractivity contribution in [1.29, 1.82) is 0 Å². The molecular weight excluding hydrogens is 490 g/mol. The quantitative estimate of drug-likeness (QED) is 0.510. The van der Waals surface area contributed by atoms with Crippen molar-refractivity contribution in [2.75, 3.05) is 67.7 Å². The number of nitrogens with one attached hydrogen (secondary N) is 1. The number of anilines is 3. The molecule has 0 bridgehead atoms. The number of nitrogens with zero attached hydrogens (tertiary/aromatic N) is 6. The van der Waals surface area contributed by atoms with Crippen molar-refractivity contribution in [3.63, 3.8) is 0 Å². The van der Waals surface area contributed by atoms with Gasteiger partial charge in [-0.3, -0.25) is 4.79 Å². The predicted molar refractivity (Wildman–Crippen MR) is 141 cm³/mol. The number of carbonyl (C=O) groups is 2. The van der Waals surface area contributed by atoms with Crippen LogP contribution in [0.3, 0.4) is 0 Å². The molecule has 4 heterocycles. The monoisotopic (exact) mass is 521 g/mol. The van der Waals surface area contributed by atoms with Crippen molar-refractivity contribution >= 4 is 29.3 Å². The second kappa shape index (κ2) is 12.9. The van der Waals surface area contributed by atoms with Crippen molar-refractivity contribution in [3.8, 4) is 0 Å². The Hall–Kier alpha value is -4.16. The maximum absolute atomic E-state index is 11.8. The Bertz CT molecular complexity index is 1190. The van der Waals surface area contributed by atoms with E-state index in [0.717, 1.165) is 16.8 Å². The van der Waals surface area contributed by atoms with Crippen molar-refractivity contribution in [1.82, 2.24) is 19.9 Å². The summed E-state index contributed by atoms with van der Waals surface area (Å²) in [6.45, 7) is 9.20. The fourth-order valence-electron chi connectivity index (χ4n) is 4.06. The Morgan fingerprint density at radius 1 is 0.868 bits per heavy atom. The average molecular weight is 522 g/mol. The minimum atomic E-state index is -1.04. The third-order valence-corrected chi connectivity index (χ3v) is 5.84. The molecule has 0 atom stereocenters. The number of ether oxygens (including phenoxy) is 2. The van der Waals surface area contributed by atoms with Crippen LogP contribution in [0.2, 0.25) is 0 Å².